The quantitative estimate of drug-likeness (QED) is 0.875. The number of rotatable bonds is 3. The van der Waals surface area contributed by atoms with E-state index >= 15 is 0 Å². The second-order valence-corrected chi connectivity index (χ2v) is 5.16. The molecular weight excluding hydrogens is 218 g/mol. The summed E-state index contributed by atoms with van der Waals surface area (Å²) in [4.78, 5) is 0. The molecule has 0 amide bonds. The van der Waals surface area contributed by atoms with Gasteiger partial charge in [0.25, 0.3) is 0 Å². The Morgan fingerprint density at radius 1 is 1.38 bits per heavy atom. The first kappa shape index (κ1) is 11.4. The van der Waals surface area contributed by atoms with Crippen LogP contribution in [-0.4, -0.2) is 15.9 Å². The van der Waals surface area contributed by atoms with E-state index in [1.165, 1.54) is 16.5 Å². The molecule has 0 aliphatic heterocycles. The van der Waals surface area contributed by atoms with E-state index in [0.29, 0.717) is 11.8 Å². The van der Waals surface area contributed by atoms with Crippen molar-refractivity contribution in [2.24, 2.45) is 0 Å². The van der Waals surface area contributed by atoms with Crippen LogP contribution >= 0.6 is 11.8 Å². The first-order valence-electron chi connectivity index (χ1n) is 5.45. The molecule has 0 bridgehead atoms. The zero-order valence-electron chi connectivity index (χ0n) is 9.90. The van der Waals surface area contributed by atoms with Crippen molar-refractivity contribution in [3.8, 4) is 5.75 Å². The topological polar surface area (TPSA) is 25.2 Å². The predicted molar refractivity (Wildman–Crippen MR) is 71.2 cm³/mol. The fraction of sp³-hybridized carbons (Fsp3) is 0.385. The Kier molecular flexibility index (Phi) is 3.15. The number of hydrogen-bond donors (Lipinski definition) is 1. The van der Waals surface area contributed by atoms with Gasteiger partial charge >= 0.3 is 0 Å². The molecule has 0 saturated heterocycles. The highest BCUT2D eigenvalue weighted by atomic mass is 32.2. The van der Waals surface area contributed by atoms with Gasteiger partial charge in [0.1, 0.15) is 5.75 Å². The van der Waals surface area contributed by atoms with Gasteiger partial charge in [-0.1, -0.05) is 0 Å². The Balaban J connectivity index is 2.66. The van der Waals surface area contributed by atoms with Gasteiger partial charge in [0.05, 0.1) is 0 Å². The maximum Gasteiger partial charge on any atom is 0.116 e. The minimum atomic E-state index is 0.344. The molecule has 3 heteroatoms. The minimum Gasteiger partial charge on any atom is -0.508 e. The third-order valence-electron chi connectivity index (χ3n) is 2.76. The van der Waals surface area contributed by atoms with Gasteiger partial charge in [-0.2, -0.15) is 11.8 Å². The van der Waals surface area contributed by atoms with Gasteiger partial charge in [-0.05, 0) is 43.9 Å². The number of hydrogen-bond acceptors (Lipinski definition) is 2. The van der Waals surface area contributed by atoms with E-state index in [-0.39, 0.29) is 0 Å². The van der Waals surface area contributed by atoms with Crippen molar-refractivity contribution in [1.82, 2.24) is 4.57 Å². The Labute approximate surface area is 100 Å². The average Bonchev–Trinajstić information content (AvgIpc) is 2.58. The molecule has 86 valence electrons. The van der Waals surface area contributed by atoms with Crippen LogP contribution < -0.4 is 0 Å². The molecular formula is C13H17NOS. The van der Waals surface area contributed by atoms with Crippen molar-refractivity contribution in [3.05, 3.63) is 30.0 Å². The highest BCUT2D eigenvalue weighted by Crippen LogP contribution is 2.29. The maximum atomic E-state index is 9.55. The molecule has 1 heterocycles. The Hall–Kier alpha value is -1.09. The smallest absolute Gasteiger partial charge is 0.116 e. The van der Waals surface area contributed by atoms with Gasteiger partial charge < -0.3 is 9.67 Å². The summed E-state index contributed by atoms with van der Waals surface area (Å²) in [6, 6.07) is 6.06. The van der Waals surface area contributed by atoms with E-state index in [2.05, 4.69) is 30.9 Å². The van der Waals surface area contributed by atoms with E-state index in [1.807, 2.05) is 12.1 Å². The van der Waals surface area contributed by atoms with Gasteiger partial charge in [-0.3, -0.25) is 0 Å². The molecule has 1 aromatic carbocycles. The first-order valence-corrected chi connectivity index (χ1v) is 6.84. The summed E-state index contributed by atoms with van der Waals surface area (Å²) in [6.45, 7) is 4.35. The Morgan fingerprint density at radius 2 is 2.12 bits per heavy atom. The molecule has 2 aromatic rings. The number of fused-ring (bicyclic) bond motifs is 1. The van der Waals surface area contributed by atoms with Crippen LogP contribution in [0.1, 0.15) is 25.5 Å². The van der Waals surface area contributed by atoms with Gasteiger partial charge in [0, 0.05) is 28.9 Å². The van der Waals surface area contributed by atoms with E-state index in [4.69, 9.17) is 0 Å². The van der Waals surface area contributed by atoms with Crippen molar-refractivity contribution in [2.75, 3.05) is 6.26 Å². The summed E-state index contributed by atoms with van der Waals surface area (Å²) in [7, 11) is 0. The van der Waals surface area contributed by atoms with Crippen molar-refractivity contribution >= 4 is 22.7 Å². The highest BCUT2D eigenvalue weighted by molar-refractivity contribution is 7.97. The van der Waals surface area contributed by atoms with Gasteiger partial charge in [0.2, 0.25) is 0 Å². The summed E-state index contributed by atoms with van der Waals surface area (Å²) in [5.41, 5.74) is 2.50. The summed E-state index contributed by atoms with van der Waals surface area (Å²) >= 11 is 1.81. The lowest BCUT2D eigenvalue weighted by molar-refractivity contribution is 0.476. The SMILES string of the molecule is CSCc1cn(C(C)C)c2ccc(O)cc12. The highest BCUT2D eigenvalue weighted by Gasteiger charge is 2.10. The van der Waals surface area contributed by atoms with Crippen LogP contribution in [0.4, 0.5) is 0 Å². The zero-order valence-corrected chi connectivity index (χ0v) is 10.7. The van der Waals surface area contributed by atoms with Crippen molar-refractivity contribution in [1.29, 1.82) is 0 Å². The van der Waals surface area contributed by atoms with Crippen molar-refractivity contribution in [3.63, 3.8) is 0 Å². The van der Waals surface area contributed by atoms with Crippen LogP contribution in [0.25, 0.3) is 10.9 Å². The molecule has 2 nitrogen and oxygen atoms in total. The standard InChI is InChI=1S/C13H17NOS/c1-9(2)14-7-10(8-16-3)12-6-11(15)4-5-13(12)14/h4-7,9,15H,8H2,1-3H3. The van der Waals surface area contributed by atoms with Crippen LogP contribution in [0.3, 0.4) is 0 Å². The normalized spacial score (nSPS) is 11.5. The van der Waals surface area contributed by atoms with Gasteiger partial charge in [-0.25, -0.2) is 0 Å². The summed E-state index contributed by atoms with van der Waals surface area (Å²) in [5.74, 6) is 1.33. The monoisotopic (exact) mass is 235 g/mol. The number of phenolic OH excluding ortho intramolecular Hbond substituents is 1. The Morgan fingerprint density at radius 3 is 2.75 bits per heavy atom. The summed E-state index contributed by atoms with van der Waals surface area (Å²) in [5, 5.41) is 10.7. The fourth-order valence-electron chi connectivity index (χ4n) is 2.01. The molecule has 0 aliphatic rings. The lowest BCUT2D eigenvalue weighted by atomic mass is 10.2. The lowest BCUT2D eigenvalue weighted by Gasteiger charge is -2.08. The Bertz CT molecular complexity index is 502. The lowest BCUT2D eigenvalue weighted by Crippen LogP contribution is -1.97. The molecule has 0 saturated carbocycles. The second-order valence-electron chi connectivity index (χ2n) is 4.29. The number of benzene rings is 1. The maximum absolute atomic E-state index is 9.55. The van der Waals surface area contributed by atoms with E-state index < -0.39 is 0 Å². The molecule has 1 N–H and O–H groups in total. The fourth-order valence-corrected chi connectivity index (χ4v) is 2.55. The van der Waals surface area contributed by atoms with E-state index in [0.717, 1.165) is 5.75 Å². The number of thioether (sulfide) groups is 1. The minimum absolute atomic E-state index is 0.344. The predicted octanol–water partition coefficient (Wildman–Crippen LogP) is 3.79. The number of aromatic hydroxyl groups is 1. The average molecular weight is 235 g/mol. The summed E-state index contributed by atoms with van der Waals surface area (Å²) in [6.07, 6.45) is 4.30. The molecule has 1 aromatic heterocycles. The molecule has 0 spiro atoms. The number of aromatic nitrogens is 1. The van der Waals surface area contributed by atoms with Crippen LogP contribution in [0, 0.1) is 0 Å². The first-order chi connectivity index (χ1) is 7.63. The van der Waals surface area contributed by atoms with Crippen LogP contribution in [0.15, 0.2) is 24.4 Å². The molecule has 2 rings (SSSR count). The third-order valence-corrected chi connectivity index (χ3v) is 3.36. The van der Waals surface area contributed by atoms with Crippen LogP contribution in [0.2, 0.25) is 0 Å². The second kappa shape index (κ2) is 4.42. The van der Waals surface area contributed by atoms with Gasteiger partial charge in [-0.15, -0.1) is 0 Å². The molecule has 0 aliphatic carbocycles. The van der Waals surface area contributed by atoms with Crippen molar-refractivity contribution in [2.45, 2.75) is 25.6 Å². The largest absolute Gasteiger partial charge is 0.508 e. The number of phenols is 1. The molecule has 0 fully saturated rings. The molecule has 16 heavy (non-hydrogen) atoms. The van der Waals surface area contributed by atoms with Crippen molar-refractivity contribution < 1.29 is 5.11 Å². The zero-order chi connectivity index (χ0) is 11.7. The van der Waals surface area contributed by atoms with Crippen LogP contribution in [-0.2, 0) is 5.75 Å². The van der Waals surface area contributed by atoms with E-state index in [9.17, 15) is 5.11 Å². The molecule has 0 atom stereocenters. The molecule has 0 unspecified atom stereocenters. The van der Waals surface area contributed by atoms with Gasteiger partial charge in [0.15, 0.2) is 0 Å². The van der Waals surface area contributed by atoms with E-state index in [1.54, 1.807) is 17.8 Å². The molecule has 0 radical (unpaired) electrons. The third kappa shape index (κ3) is 1.92. The number of nitrogens with zero attached hydrogens (tertiary/aromatic N) is 1. The summed E-state index contributed by atoms with van der Waals surface area (Å²) < 4.78 is 2.26. The van der Waals surface area contributed by atoms with Crippen LogP contribution in [0.5, 0.6) is 5.75 Å².